The Morgan fingerprint density at radius 3 is 2.50 bits per heavy atom. The van der Waals surface area contributed by atoms with Crippen molar-refractivity contribution in [2.24, 2.45) is 11.1 Å². The molecule has 0 spiro atoms. The lowest BCUT2D eigenvalue weighted by Crippen LogP contribution is -2.37. The predicted octanol–water partition coefficient (Wildman–Crippen LogP) is 3.43. The van der Waals surface area contributed by atoms with Gasteiger partial charge in [0.25, 0.3) is 0 Å². The van der Waals surface area contributed by atoms with E-state index in [-0.39, 0.29) is 11.5 Å². The molecule has 1 aromatic rings. The zero-order chi connectivity index (χ0) is 12.3. The average Bonchev–Trinajstić information content (AvgIpc) is 2.17. The third-order valence-corrected chi connectivity index (χ3v) is 3.57. The Balaban J connectivity index is 2.64. The Labute approximate surface area is 99.4 Å². The minimum atomic E-state index is -0.423. The summed E-state index contributed by atoms with van der Waals surface area (Å²) in [5, 5.41) is 0. The molecule has 4 heteroatoms. The van der Waals surface area contributed by atoms with Gasteiger partial charge in [-0.15, -0.1) is 11.8 Å². The monoisotopic (exact) mass is 245 g/mol. The first-order valence-electron chi connectivity index (χ1n) is 5.14. The van der Waals surface area contributed by atoms with Gasteiger partial charge in [0.15, 0.2) is 0 Å². The van der Waals surface area contributed by atoms with Gasteiger partial charge in [0.1, 0.15) is 11.6 Å². The van der Waals surface area contributed by atoms with Gasteiger partial charge in [0.2, 0.25) is 0 Å². The van der Waals surface area contributed by atoms with Gasteiger partial charge >= 0.3 is 0 Å². The minimum absolute atomic E-state index is 0.0310. The van der Waals surface area contributed by atoms with Gasteiger partial charge in [-0.05, 0) is 23.6 Å². The quantitative estimate of drug-likeness (QED) is 0.826. The molecule has 1 unspecified atom stereocenters. The smallest absolute Gasteiger partial charge is 0.136 e. The Hall–Kier alpha value is -0.610. The van der Waals surface area contributed by atoms with Gasteiger partial charge in [-0.3, -0.25) is 0 Å². The second-order valence-electron chi connectivity index (χ2n) is 4.86. The molecule has 0 amide bonds. The molecule has 2 N–H and O–H groups in total. The van der Waals surface area contributed by atoms with Crippen LogP contribution in [0.3, 0.4) is 0 Å². The van der Waals surface area contributed by atoms with Crippen LogP contribution in [0.15, 0.2) is 23.1 Å². The Morgan fingerprint density at radius 2 is 1.94 bits per heavy atom. The highest BCUT2D eigenvalue weighted by atomic mass is 32.2. The van der Waals surface area contributed by atoms with Crippen LogP contribution in [-0.4, -0.2) is 11.8 Å². The number of benzene rings is 1. The molecule has 1 atom stereocenters. The molecule has 0 radical (unpaired) electrons. The molecule has 90 valence electrons. The fraction of sp³-hybridized carbons (Fsp3) is 0.500. The second kappa shape index (κ2) is 5.15. The molecular formula is C12H17F2NS. The van der Waals surface area contributed by atoms with Gasteiger partial charge < -0.3 is 5.73 Å². The normalized spacial score (nSPS) is 13.9. The second-order valence-corrected chi connectivity index (χ2v) is 5.92. The van der Waals surface area contributed by atoms with E-state index in [1.807, 2.05) is 20.8 Å². The summed E-state index contributed by atoms with van der Waals surface area (Å²) in [6.07, 6.45) is 0. The SMILES string of the molecule is CC(C)(C)C(N)CSc1cc(F)ccc1F. The number of hydrogen-bond donors (Lipinski definition) is 1. The van der Waals surface area contributed by atoms with Crippen LogP contribution in [-0.2, 0) is 0 Å². The minimum Gasteiger partial charge on any atom is -0.326 e. The average molecular weight is 245 g/mol. The van der Waals surface area contributed by atoms with Gasteiger partial charge in [-0.2, -0.15) is 0 Å². The summed E-state index contributed by atoms with van der Waals surface area (Å²) in [4.78, 5) is 0.319. The molecular weight excluding hydrogens is 228 g/mol. The first-order valence-corrected chi connectivity index (χ1v) is 6.12. The zero-order valence-electron chi connectivity index (χ0n) is 9.76. The maximum Gasteiger partial charge on any atom is 0.136 e. The maximum absolute atomic E-state index is 13.3. The van der Waals surface area contributed by atoms with E-state index in [1.54, 1.807) is 0 Å². The van der Waals surface area contributed by atoms with E-state index in [4.69, 9.17) is 5.73 Å². The molecule has 0 aliphatic rings. The summed E-state index contributed by atoms with van der Waals surface area (Å²) in [5.74, 6) is -0.245. The van der Waals surface area contributed by atoms with Crippen LogP contribution in [0.4, 0.5) is 8.78 Å². The number of nitrogens with two attached hydrogens (primary N) is 1. The summed E-state index contributed by atoms with van der Waals surface area (Å²) in [6, 6.07) is 3.40. The lowest BCUT2D eigenvalue weighted by Gasteiger charge is -2.26. The molecule has 1 aromatic carbocycles. The molecule has 0 bridgehead atoms. The first-order chi connectivity index (χ1) is 7.30. The molecule has 16 heavy (non-hydrogen) atoms. The predicted molar refractivity (Wildman–Crippen MR) is 64.5 cm³/mol. The van der Waals surface area contributed by atoms with E-state index in [9.17, 15) is 8.78 Å². The summed E-state index contributed by atoms with van der Waals surface area (Å²) < 4.78 is 26.2. The summed E-state index contributed by atoms with van der Waals surface area (Å²) in [6.45, 7) is 6.08. The van der Waals surface area contributed by atoms with Gasteiger partial charge in [0, 0.05) is 16.7 Å². The van der Waals surface area contributed by atoms with E-state index in [0.29, 0.717) is 10.6 Å². The van der Waals surface area contributed by atoms with Crippen molar-refractivity contribution in [3.8, 4) is 0 Å². The molecule has 1 rings (SSSR count). The lowest BCUT2D eigenvalue weighted by molar-refractivity contribution is 0.344. The Morgan fingerprint density at radius 1 is 1.31 bits per heavy atom. The van der Waals surface area contributed by atoms with E-state index in [2.05, 4.69) is 0 Å². The van der Waals surface area contributed by atoms with Crippen molar-refractivity contribution in [1.29, 1.82) is 0 Å². The molecule has 0 aliphatic heterocycles. The van der Waals surface area contributed by atoms with Crippen molar-refractivity contribution < 1.29 is 8.78 Å². The standard InChI is InChI=1S/C12H17F2NS/c1-12(2,3)11(15)7-16-10-6-8(13)4-5-9(10)14/h4-6,11H,7,15H2,1-3H3. The molecule has 0 heterocycles. The van der Waals surface area contributed by atoms with Gasteiger partial charge in [0.05, 0.1) is 0 Å². The first kappa shape index (κ1) is 13.5. The zero-order valence-corrected chi connectivity index (χ0v) is 10.6. The Bertz CT molecular complexity index is 361. The number of hydrogen-bond acceptors (Lipinski definition) is 2. The summed E-state index contributed by atoms with van der Waals surface area (Å²) in [7, 11) is 0. The summed E-state index contributed by atoms with van der Waals surface area (Å²) in [5.41, 5.74) is 5.92. The largest absolute Gasteiger partial charge is 0.326 e. The van der Waals surface area contributed by atoms with E-state index in [1.165, 1.54) is 17.8 Å². The maximum atomic E-state index is 13.3. The number of thioether (sulfide) groups is 1. The molecule has 0 saturated carbocycles. The van der Waals surface area contributed by atoms with E-state index >= 15 is 0 Å². The fourth-order valence-electron chi connectivity index (χ4n) is 1.02. The summed E-state index contributed by atoms with van der Waals surface area (Å²) >= 11 is 1.26. The van der Waals surface area contributed by atoms with Crippen LogP contribution in [0, 0.1) is 17.0 Å². The van der Waals surface area contributed by atoms with Crippen LogP contribution in [0.25, 0.3) is 0 Å². The van der Waals surface area contributed by atoms with Crippen molar-refractivity contribution in [1.82, 2.24) is 0 Å². The lowest BCUT2D eigenvalue weighted by atomic mass is 9.89. The van der Waals surface area contributed by atoms with Crippen LogP contribution in [0.5, 0.6) is 0 Å². The molecule has 0 aromatic heterocycles. The van der Waals surface area contributed by atoms with Crippen LogP contribution < -0.4 is 5.73 Å². The highest BCUT2D eigenvalue weighted by molar-refractivity contribution is 7.99. The van der Waals surface area contributed by atoms with Crippen molar-refractivity contribution >= 4 is 11.8 Å². The molecule has 0 fully saturated rings. The molecule has 1 nitrogen and oxygen atoms in total. The highest BCUT2D eigenvalue weighted by Gasteiger charge is 2.21. The van der Waals surface area contributed by atoms with Crippen LogP contribution >= 0.6 is 11.8 Å². The van der Waals surface area contributed by atoms with E-state index < -0.39 is 11.6 Å². The molecule has 0 saturated heterocycles. The topological polar surface area (TPSA) is 26.0 Å². The van der Waals surface area contributed by atoms with Crippen LogP contribution in [0.2, 0.25) is 0 Å². The number of rotatable bonds is 3. The van der Waals surface area contributed by atoms with E-state index in [0.717, 1.165) is 12.1 Å². The Kier molecular flexibility index (Phi) is 4.33. The fourth-order valence-corrected chi connectivity index (χ4v) is 2.28. The number of halogens is 2. The third kappa shape index (κ3) is 3.76. The van der Waals surface area contributed by atoms with Crippen molar-refractivity contribution in [2.45, 2.75) is 31.7 Å². The highest BCUT2D eigenvalue weighted by Crippen LogP contribution is 2.27. The van der Waals surface area contributed by atoms with Gasteiger partial charge in [-0.1, -0.05) is 20.8 Å². The molecule has 0 aliphatic carbocycles. The van der Waals surface area contributed by atoms with Crippen molar-refractivity contribution in [2.75, 3.05) is 5.75 Å². The van der Waals surface area contributed by atoms with Crippen molar-refractivity contribution in [3.05, 3.63) is 29.8 Å². The third-order valence-electron chi connectivity index (χ3n) is 2.42. The van der Waals surface area contributed by atoms with Gasteiger partial charge in [-0.25, -0.2) is 8.78 Å². The van der Waals surface area contributed by atoms with Crippen molar-refractivity contribution in [3.63, 3.8) is 0 Å². The van der Waals surface area contributed by atoms with Crippen LogP contribution in [0.1, 0.15) is 20.8 Å².